The molecule has 0 saturated heterocycles. The highest BCUT2D eigenvalue weighted by Gasteiger charge is 2.48. The molecule has 0 radical (unpaired) electrons. The molecule has 0 nitrogen and oxygen atoms in total. The topological polar surface area (TPSA) is 0 Å². The van der Waals surface area contributed by atoms with Crippen LogP contribution in [0.15, 0.2) is 108 Å². The second kappa shape index (κ2) is 6.41. The van der Waals surface area contributed by atoms with Crippen LogP contribution in [0.3, 0.4) is 0 Å². The number of rotatable bonds is 2. The van der Waals surface area contributed by atoms with E-state index in [1.165, 1.54) is 42.8 Å². The van der Waals surface area contributed by atoms with Gasteiger partial charge in [-0.25, -0.2) is 0 Å². The fourth-order valence-corrected chi connectivity index (χ4v) is 6.69. The molecular weight excluding hydrogens is 436 g/mol. The van der Waals surface area contributed by atoms with E-state index >= 15 is 0 Å². The lowest BCUT2D eigenvalue weighted by Gasteiger charge is -2.32. The number of fused-ring (bicyclic) bond motifs is 5. The van der Waals surface area contributed by atoms with Crippen molar-refractivity contribution >= 4 is 37.4 Å². The van der Waals surface area contributed by atoms with Gasteiger partial charge in [0.15, 0.2) is 0 Å². The van der Waals surface area contributed by atoms with Crippen molar-refractivity contribution in [2.24, 2.45) is 0 Å². The van der Waals surface area contributed by atoms with E-state index in [-0.39, 0.29) is 5.41 Å². The van der Waals surface area contributed by atoms with Gasteiger partial charge in [0.2, 0.25) is 0 Å². The summed E-state index contributed by atoms with van der Waals surface area (Å²) in [5.74, 6) is 0. The van der Waals surface area contributed by atoms with Crippen molar-refractivity contribution < 1.29 is 0 Å². The standard InChI is InChI=1S/C27H17BrS/c28-20-15-16-21-23(17-20)27(18-9-3-1-4-10-18,19-11-5-2-6-12-19)26-25(21)22-13-7-8-14-24(22)29-26/h1-17H. The maximum atomic E-state index is 3.75. The summed E-state index contributed by atoms with van der Waals surface area (Å²) in [6.07, 6.45) is 0. The van der Waals surface area contributed by atoms with Gasteiger partial charge in [-0.1, -0.05) is 101 Å². The van der Waals surface area contributed by atoms with Crippen LogP contribution in [0.25, 0.3) is 21.2 Å². The summed E-state index contributed by atoms with van der Waals surface area (Å²) in [7, 11) is 0. The van der Waals surface area contributed by atoms with Crippen LogP contribution in [0.2, 0.25) is 0 Å². The molecule has 0 aliphatic heterocycles. The second-order valence-corrected chi connectivity index (χ2v) is 9.44. The van der Waals surface area contributed by atoms with Gasteiger partial charge in [0.05, 0.1) is 5.41 Å². The van der Waals surface area contributed by atoms with Crippen molar-refractivity contribution in [1.29, 1.82) is 0 Å². The molecule has 0 saturated carbocycles. The number of hydrogen-bond acceptors (Lipinski definition) is 1. The molecule has 4 aromatic carbocycles. The average Bonchev–Trinajstić information content (AvgIpc) is 3.28. The predicted octanol–water partition coefficient (Wildman–Crippen LogP) is 8.03. The molecule has 2 heteroatoms. The first-order valence-electron chi connectivity index (χ1n) is 9.73. The lowest BCUT2D eigenvalue weighted by molar-refractivity contribution is 0.784. The molecule has 0 atom stereocenters. The smallest absolute Gasteiger partial charge is 0.0807 e. The first kappa shape index (κ1) is 17.2. The molecule has 1 aliphatic rings. The highest BCUT2D eigenvalue weighted by atomic mass is 79.9. The monoisotopic (exact) mass is 452 g/mol. The largest absolute Gasteiger partial charge is 0.138 e. The summed E-state index contributed by atoms with van der Waals surface area (Å²) >= 11 is 5.68. The Kier molecular flexibility index (Phi) is 3.80. The molecule has 0 fully saturated rings. The van der Waals surface area contributed by atoms with Crippen LogP contribution >= 0.6 is 27.3 Å². The molecule has 1 aliphatic carbocycles. The molecule has 1 aromatic heterocycles. The van der Waals surface area contributed by atoms with Crippen LogP contribution in [-0.2, 0) is 5.41 Å². The molecule has 138 valence electrons. The summed E-state index contributed by atoms with van der Waals surface area (Å²) in [6, 6.07) is 37.5. The van der Waals surface area contributed by atoms with E-state index < -0.39 is 0 Å². The first-order chi connectivity index (χ1) is 14.3. The molecule has 0 N–H and O–H groups in total. The first-order valence-corrected chi connectivity index (χ1v) is 11.3. The zero-order chi connectivity index (χ0) is 19.4. The maximum Gasteiger partial charge on any atom is 0.0807 e. The molecular formula is C27H17BrS. The van der Waals surface area contributed by atoms with Crippen molar-refractivity contribution in [2.75, 3.05) is 0 Å². The molecule has 6 rings (SSSR count). The Morgan fingerprint density at radius 3 is 1.97 bits per heavy atom. The second-order valence-electron chi connectivity index (χ2n) is 7.47. The predicted molar refractivity (Wildman–Crippen MR) is 127 cm³/mol. The molecule has 5 aromatic rings. The number of benzene rings is 4. The third-order valence-electron chi connectivity index (χ3n) is 6.00. The third-order valence-corrected chi connectivity index (χ3v) is 7.79. The zero-order valence-electron chi connectivity index (χ0n) is 15.6. The molecule has 0 spiro atoms. The Hall–Kier alpha value is -2.68. The van der Waals surface area contributed by atoms with Crippen molar-refractivity contribution in [2.45, 2.75) is 5.41 Å². The van der Waals surface area contributed by atoms with Crippen LogP contribution in [0.4, 0.5) is 0 Å². The fourth-order valence-electron chi connectivity index (χ4n) is 4.86. The van der Waals surface area contributed by atoms with E-state index in [0.29, 0.717) is 0 Å². The van der Waals surface area contributed by atoms with Gasteiger partial charge in [0.25, 0.3) is 0 Å². The zero-order valence-corrected chi connectivity index (χ0v) is 18.0. The van der Waals surface area contributed by atoms with Gasteiger partial charge in [-0.15, -0.1) is 11.3 Å². The van der Waals surface area contributed by atoms with Crippen molar-refractivity contribution in [3.8, 4) is 11.1 Å². The van der Waals surface area contributed by atoms with E-state index in [1.54, 1.807) is 0 Å². The fraction of sp³-hybridized carbons (Fsp3) is 0.0370. The normalized spacial score (nSPS) is 14.0. The minimum atomic E-state index is -0.305. The Labute approximate surface area is 182 Å². The van der Waals surface area contributed by atoms with E-state index in [9.17, 15) is 0 Å². The van der Waals surface area contributed by atoms with Gasteiger partial charge in [-0.2, -0.15) is 0 Å². The Morgan fingerprint density at radius 2 is 1.28 bits per heavy atom. The van der Waals surface area contributed by atoms with E-state index in [2.05, 4.69) is 119 Å². The van der Waals surface area contributed by atoms with Crippen LogP contribution in [0.1, 0.15) is 21.6 Å². The summed E-state index contributed by atoms with van der Waals surface area (Å²) in [5, 5.41) is 1.35. The molecule has 0 amide bonds. The quantitative estimate of drug-likeness (QED) is 0.249. The van der Waals surface area contributed by atoms with Gasteiger partial charge in [0, 0.05) is 25.0 Å². The molecule has 29 heavy (non-hydrogen) atoms. The third kappa shape index (κ3) is 2.30. The summed E-state index contributed by atoms with van der Waals surface area (Å²) < 4.78 is 2.47. The number of thiophene rings is 1. The minimum Gasteiger partial charge on any atom is -0.138 e. The highest BCUT2D eigenvalue weighted by Crippen LogP contribution is 2.61. The van der Waals surface area contributed by atoms with E-state index in [0.717, 1.165) is 4.47 Å². The minimum absolute atomic E-state index is 0.305. The Balaban J connectivity index is 1.86. The van der Waals surface area contributed by atoms with Gasteiger partial charge in [-0.05, 0) is 40.5 Å². The summed E-state index contributed by atoms with van der Waals surface area (Å²) in [5.41, 5.74) is 6.41. The SMILES string of the molecule is Brc1ccc2c(c1)C(c1ccccc1)(c1ccccc1)c1sc3ccccc3c1-2. The summed E-state index contributed by atoms with van der Waals surface area (Å²) in [4.78, 5) is 1.42. The van der Waals surface area contributed by atoms with Crippen molar-refractivity contribution in [3.05, 3.63) is 129 Å². The van der Waals surface area contributed by atoms with Crippen LogP contribution in [-0.4, -0.2) is 0 Å². The number of halogens is 1. The van der Waals surface area contributed by atoms with Gasteiger partial charge < -0.3 is 0 Å². The van der Waals surface area contributed by atoms with E-state index in [4.69, 9.17) is 0 Å². The molecule has 0 unspecified atom stereocenters. The van der Waals surface area contributed by atoms with Crippen LogP contribution in [0.5, 0.6) is 0 Å². The highest BCUT2D eigenvalue weighted by molar-refractivity contribution is 9.10. The van der Waals surface area contributed by atoms with Gasteiger partial charge >= 0.3 is 0 Å². The number of hydrogen-bond donors (Lipinski definition) is 0. The van der Waals surface area contributed by atoms with Crippen LogP contribution in [0, 0.1) is 0 Å². The lowest BCUT2D eigenvalue weighted by atomic mass is 9.71. The molecule has 0 bridgehead atoms. The van der Waals surface area contributed by atoms with Crippen LogP contribution < -0.4 is 0 Å². The van der Waals surface area contributed by atoms with Crippen molar-refractivity contribution in [1.82, 2.24) is 0 Å². The van der Waals surface area contributed by atoms with Gasteiger partial charge in [0.1, 0.15) is 0 Å². The Bertz CT molecular complexity index is 1310. The Morgan fingerprint density at radius 1 is 0.655 bits per heavy atom. The van der Waals surface area contributed by atoms with Crippen molar-refractivity contribution in [3.63, 3.8) is 0 Å². The maximum absolute atomic E-state index is 3.75. The average molecular weight is 453 g/mol. The lowest BCUT2D eigenvalue weighted by Crippen LogP contribution is -2.27. The molecule has 1 heterocycles. The van der Waals surface area contributed by atoms with Gasteiger partial charge in [-0.3, -0.25) is 0 Å². The van der Waals surface area contributed by atoms with E-state index in [1.807, 2.05) is 11.3 Å². The summed E-state index contributed by atoms with van der Waals surface area (Å²) in [6.45, 7) is 0.